The number of thiazole rings is 1. The van der Waals surface area contributed by atoms with Crippen LogP contribution in [0.4, 0.5) is 5.69 Å². The Kier molecular flexibility index (Phi) is 5.08. The number of hydrogen-bond donors (Lipinski definition) is 0. The molecule has 0 atom stereocenters. The van der Waals surface area contributed by atoms with Crippen molar-refractivity contribution < 1.29 is 9.66 Å². The molecule has 0 radical (unpaired) electrons. The van der Waals surface area contributed by atoms with E-state index in [0.717, 1.165) is 17.1 Å². The van der Waals surface area contributed by atoms with Gasteiger partial charge in [-0.1, -0.05) is 41.9 Å². The van der Waals surface area contributed by atoms with Gasteiger partial charge in [-0.15, -0.1) is 11.3 Å². The molecule has 0 spiro atoms. The van der Waals surface area contributed by atoms with Gasteiger partial charge in [0, 0.05) is 22.9 Å². The fourth-order valence-electron chi connectivity index (χ4n) is 2.17. The summed E-state index contributed by atoms with van der Waals surface area (Å²) in [6.07, 6.45) is 0.757. The predicted molar refractivity (Wildman–Crippen MR) is 93.8 cm³/mol. The molecule has 5 nitrogen and oxygen atoms in total. The van der Waals surface area contributed by atoms with Crippen molar-refractivity contribution in [1.82, 2.24) is 4.98 Å². The molecule has 0 aliphatic heterocycles. The second-order valence-electron chi connectivity index (χ2n) is 5.05. The van der Waals surface area contributed by atoms with Crippen molar-refractivity contribution in [3.8, 4) is 5.75 Å². The number of nitro groups is 1. The van der Waals surface area contributed by atoms with Crippen molar-refractivity contribution in [2.75, 3.05) is 0 Å². The van der Waals surface area contributed by atoms with Crippen LogP contribution in [-0.4, -0.2) is 9.91 Å². The molecule has 2 aromatic carbocycles. The molecule has 0 aliphatic carbocycles. The molecule has 0 saturated heterocycles. The van der Waals surface area contributed by atoms with Crippen molar-refractivity contribution in [2.24, 2.45) is 0 Å². The normalized spacial score (nSPS) is 10.5. The zero-order valence-electron chi connectivity index (χ0n) is 12.5. The van der Waals surface area contributed by atoms with E-state index in [1.54, 1.807) is 17.4 Å². The lowest BCUT2D eigenvalue weighted by Crippen LogP contribution is -2.00. The average molecular weight is 361 g/mol. The van der Waals surface area contributed by atoms with E-state index in [-0.39, 0.29) is 18.0 Å². The standard InChI is InChI=1S/C17H13ClN2O3S/c18-13-6-7-16(15(9-13)20(21)22)23-10-14-11-24-17(19-14)8-12-4-2-1-3-5-12/h1-7,9,11H,8,10H2. The van der Waals surface area contributed by atoms with Crippen LogP contribution < -0.4 is 4.74 Å². The Hall–Kier alpha value is -2.44. The van der Waals surface area contributed by atoms with Gasteiger partial charge in [0.1, 0.15) is 6.61 Å². The molecule has 1 heterocycles. The van der Waals surface area contributed by atoms with E-state index >= 15 is 0 Å². The van der Waals surface area contributed by atoms with Crippen molar-refractivity contribution in [2.45, 2.75) is 13.0 Å². The van der Waals surface area contributed by atoms with Gasteiger partial charge in [-0.3, -0.25) is 10.1 Å². The largest absolute Gasteiger partial charge is 0.480 e. The fourth-order valence-corrected chi connectivity index (χ4v) is 3.15. The Morgan fingerprint density at radius 2 is 2.00 bits per heavy atom. The Morgan fingerprint density at radius 3 is 2.75 bits per heavy atom. The van der Waals surface area contributed by atoms with Crippen LogP contribution in [0, 0.1) is 10.1 Å². The third-order valence-corrected chi connectivity index (χ3v) is 4.42. The lowest BCUT2D eigenvalue weighted by molar-refractivity contribution is -0.385. The summed E-state index contributed by atoms with van der Waals surface area (Å²) in [6.45, 7) is 0.174. The monoisotopic (exact) mass is 360 g/mol. The Balaban J connectivity index is 1.67. The minimum Gasteiger partial charge on any atom is -0.480 e. The van der Waals surface area contributed by atoms with Crippen LogP contribution in [0.15, 0.2) is 53.9 Å². The van der Waals surface area contributed by atoms with E-state index in [4.69, 9.17) is 16.3 Å². The Morgan fingerprint density at radius 1 is 1.21 bits per heavy atom. The summed E-state index contributed by atoms with van der Waals surface area (Å²) in [6, 6.07) is 14.4. The smallest absolute Gasteiger partial charge is 0.312 e. The van der Waals surface area contributed by atoms with Gasteiger partial charge in [0.05, 0.1) is 15.6 Å². The predicted octanol–water partition coefficient (Wildman–Crippen LogP) is 4.87. The molecule has 3 aromatic rings. The number of ether oxygens (including phenoxy) is 1. The number of halogens is 1. The lowest BCUT2D eigenvalue weighted by Gasteiger charge is -2.05. The zero-order chi connectivity index (χ0) is 16.9. The van der Waals surface area contributed by atoms with Crippen molar-refractivity contribution in [1.29, 1.82) is 0 Å². The molecular weight excluding hydrogens is 348 g/mol. The molecule has 0 unspecified atom stereocenters. The highest BCUT2D eigenvalue weighted by Crippen LogP contribution is 2.30. The maximum atomic E-state index is 11.0. The minimum atomic E-state index is -0.511. The number of rotatable bonds is 6. The third kappa shape index (κ3) is 4.10. The lowest BCUT2D eigenvalue weighted by atomic mass is 10.2. The first kappa shape index (κ1) is 16.4. The number of nitrogens with zero attached hydrogens (tertiary/aromatic N) is 2. The SMILES string of the molecule is O=[N+]([O-])c1cc(Cl)ccc1OCc1csc(Cc2ccccc2)n1. The molecular formula is C17H13ClN2O3S. The molecule has 0 aliphatic rings. The van der Waals surface area contributed by atoms with Crippen LogP contribution in [0.2, 0.25) is 5.02 Å². The summed E-state index contributed by atoms with van der Waals surface area (Å²) in [5, 5.41) is 14.2. The van der Waals surface area contributed by atoms with Crippen molar-refractivity contribution >= 4 is 28.6 Å². The molecule has 0 amide bonds. The summed E-state index contributed by atoms with van der Waals surface area (Å²) in [5.74, 6) is 0.182. The summed E-state index contributed by atoms with van der Waals surface area (Å²) in [7, 11) is 0. The average Bonchev–Trinajstić information content (AvgIpc) is 3.02. The van der Waals surface area contributed by atoms with Crippen molar-refractivity contribution in [3.05, 3.63) is 85.3 Å². The van der Waals surface area contributed by atoms with Gasteiger partial charge < -0.3 is 4.74 Å². The van der Waals surface area contributed by atoms with Crippen LogP contribution in [0.5, 0.6) is 5.75 Å². The van der Waals surface area contributed by atoms with E-state index in [1.807, 2.05) is 23.6 Å². The first-order valence-corrected chi connectivity index (χ1v) is 8.41. The highest BCUT2D eigenvalue weighted by Gasteiger charge is 2.16. The van der Waals surface area contributed by atoms with Gasteiger partial charge in [0.2, 0.25) is 0 Å². The van der Waals surface area contributed by atoms with Gasteiger partial charge in [-0.25, -0.2) is 4.98 Å². The summed E-state index contributed by atoms with van der Waals surface area (Å²) in [4.78, 5) is 15.0. The molecule has 3 rings (SSSR count). The summed E-state index contributed by atoms with van der Waals surface area (Å²) < 4.78 is 5.55. The van der Waals surface area contributed by atoms with E-state index in [2.05, 4.69) is 17.1 Å². The van der Waals surface area contributed by atoms with Crippen LogP contribution in [0.3, 0.4) is 0 Å². The third-order valence-electron chi connectivity index (χ3n) is 3.29. The highest BCUT2D eigenvalue weighted by molar-refractivity contribution is 7.09. The fraction of sp³-hybridized carbons (Fsp3) is 0.118. The van der Waals surface area contributed by atoms with Crippen LogP contribution in [-0.2, 0) is 13.0 Å². The second-order valence-corrected chi connectivity index (χ2v) is 6.43. The maximum Gasteiger partial charge on any atom is 0.312 e. The molecule has 0 fully saturated rings. The molecule has 122 valence electrons. The number of hydrogen-bond acceptors (Lipinski definition) is 5. The molecule has 7 heteroatoms. The van der Waals surface area contributed by atoms with Crippen molar-refractivity contribution in [3.63, 3.8) is 0 Å². The summed E-state index contributed by atoms with van der Waals surface area (Å²) >= 11 is 7.33. The van der Waals surface area contributed by atoms with Crippen LogP contribution in [0.25, 0.3) is 0 Å². The van der Waals surface area contributed by atoms with Gasteiger partial charge in [-0.05, 0) is 17.7 Å². The van der Waals surface area contributed by atoms with E-state index in [1.165, 1.54) is 17.7 Å². The highest BCUT2D eigenvalue weighted by atomic mass is 35.5. The molecule has 0 bridgehead atoms. The van der Waals surface area contributed by atoms with Gasteiger partial charge in [0.15, 0.2) is 5.75 Å². The number of aromatic nitrogens is 1. The first-order chi connectivity index (χ1) is 11.6. The Bertz CT molecular complexity index is 852. The molecule has 24 heavy (non-hydrogen) atoms. The van der Waals surface area contributed by atoms with Gasteiger partial charge in [0.25, 0.3) is 0 Å². The van der Waals surface area contributed by atoms with E-state index in [0.29, 0.717) is 5.02 Å². The van der Waals surface area contributed by atoms with E-state index in [9.17, 15) is 10.1 Å². The molecule has 0 N–H and O–H groups in total. The maximum absolute atomic E-state index is 11.0. The first-order valence-electron chi connectivity index (χ1n) is 7.16. The van der Waals surface area contributed by atoms with Gasteiger partial charge in [-0.2, -0.15) is 0 Å². The topological polar surface area (TPSA) is 65.3 Å². The summed E-state index contributed by atoms with van der Waals surface area (Å²) in [5.41, 5.74) is 1.78. The van der Waals surface area contributed by atoms with Gasteiger partial charge >= 0.3 is 5.69 Å². The van der Waals surface area contributed by atoms with Crippen LogP contribution >= 0.6 is 22.9 Å². The zero-order valence-corrected chi connectivity index (χ0v) is 14.1. The Labute approximate surface area is 147 Å². The van der Waals surface area contributed by atoms with Crippen LogP contribution in [0.1, 0.15) is 16.3 Å². The quantitative estimate of drug-likeness (QED) is 0.464. The second kappa shape index (κ2) is 7.42. The number of benzene rings is 2. The molecule has 0 saturated carbocycles. The number of nitro benzene ring substituents is 1. The molecule has 1 aromatic heterocycles. The van der Waals surface area contributed by atoms with E-state index < -0.39 is 4.92 Å². The minimum absolute atomic E-state index is 0.151.